The van der Waals surface area contributed by atoms with Gasteiger partial charge < -0.3 is 0 Å². The Kier molecular flexibility index (Phi) is 5.80. The summed E-state index contributed by atoms with van der Waals surface area (Å²) in [6, 6.07) is 18.9. The van der Waals surface area contributed by atoms with E-state index in [1.165, 1.54) is 0 Å². The van der Waals surface area contributed by atoms with Gasteiger partial charge in [0.15, 0.2) is 0 Å². The number of rotatable bonds is 5. The van der Waals surface area contributed by atoms with E-state index < -0.39 is 26.7 Å². The topological polar surface area (TPSA) is 0 Å². The molecule has 0 N–H and O–H groups in total. The van der Waals surface area contributed by atoms with Gasteiger partial charge in [0.1, 0.15) is 0 Å². The average molecular weight is 627 g/mol. The zero-order chi connectivity index (χ0) is 21.9. The van der Waals surface area contributed by atoms with Gasteiger partial charge >= 0.3 is 188 Å². The molecule has 0 saturated carbocycles. The molecule has 2 aromatic rings. The maximum absolute atomic E-state index is 3.49. The summed E-state index contributed by atoms with van der Waals surface area (Å²) in [6.07, 6.45) is 2.32. The summed E-state index contributed by atoms with van der Waals surface area (Å²) in [5.41, 5.74) is 13.3. The third kappa shape index (κ3) is 2.87. The molecule has 2 heteroatoms. The van der Waals surface area contributed by atoms with Gasteiger partial charge in [0.2, 0.25) is 0 Å². The van der Waals surface area contributed by atoms with E-state index in [4.69, 9.17) is 0 Å². The molecule has 2 aliphatic carbocycles. The molecule has 0 saturated heterocycles. The van der Waals surface area contributed by atoms with E-state index >= 15 is 0 Å². The number of benzene rings is 2. The molecule has 0 fully saturated rings. The van der Waals surface area contributed by atoms with Crippen LogP contribution < -0.4 is 0 Å². The monoisotopic (exact) mass is 629 g/mol. The van der Waals surface area contributed by atoms with E-state index in [9.17, 15) is 0 Å². The minimum atomic E-state index is -3.49. The summed E-state index contributed by atoms with van der Waals surface area (Å²) < 4.78 is 7.24. The van der Waals surface area contributed by atoms with Gasteiger partial charge in [0.05, 0.1) is 0 Å². The van der Waals surface area contributed by atoms with Gasteiger partial charge in [-0.3, -0.25) is 0 Å². The first kappa shape index (κ1) is 22.5. The van der Waals surface area contributed by atoms with Crippen molar-refractivity contribution in [3.05, 3.63) is 81.9 Å². The standard InChI is InChI=1S/2C12H13.C2H7Ge.2CH3.Hf/c2*1-3-11-9(2)8-10-6-4-5-7-12(10)11;1-3-2;;;/h2*4-8H,3H2,1-2H3;3H,1-2H3;2*1H3;. The van der Waals surface area contributed by atoms with Crippen molar-refractivity contribution in [3.63, 3.8) is 0 Å². The molecule has 0 bridgehead atoms. The van der Waals surface area contributed by atoms with E-state index in [-0.39, 0.29) is 0 Å². The zero-order valence-corrected chi connectivity index (χ0v) is 26.3. The van der Waals surface area contributed by atoms with E-state index in [0.717, 1.165) is 20.2 Å². The molecule has 2 aliphatic rings. The third-order valence-corrected chi connectivity index (χ3v) is 115. The minimum absolute atomic E-state index is 0.720. The normalized spacial score (nSPS) is 22.4. The van der Waals surface area contributed by atoms with E-state index in [2.05, 4.69) is 97.1 Å². The van der Waals surface area contributed by atoms with Crippen LogP contribution in [0.4, 0.5) is 0 Å². The number of fused-ring (bicyclic) bond motifs is 2. The van der Waals surface area contributed by atoms with Gasteiger partial charge in [0, 0.05) is 0 Å². The summed E-state index contributed by atoms with van der Waals surface area (Å²) in [6.45, 7) is 9.71. The molecule has 0 heterocycles. The second kappa shape index (κ2) is 7.73. The number of hydrogen-bond acceptors (Lipinski definition) is 0. The van der Waals surface area contributed by atoms with E-state index in [0.29, 0.717) is 0 Å². The summed E-state index contributed by atoms with van der Waals surface area (Å²) >= 11 is -3.49. The molecule has 0 nitrogen and oxygen atoms in total. The molecule has 2 aromatic carbocycles. The van der Waals surface area contributed by atoms with Gasteiger partial charge in [-0.15, -0.1) is 0 Å². The van der Waals surface area contributed by atoms with Gasteiger partial charge in [-0.05, 0) is 0 Å². The SMILES string of the molecule is CCC1=C(C)[CH]([Hf]([CH3])([CH3])([CH]2C(C)=C(CC)c3ccccc32)[GeH]([CH3])[CH3])c2ccccc21. The average Bonchev–Trinajstić information content (AvgIpc) is 3.18. The Bertz CT molecular complexity index is 990. The Morgan fingerprint density at radius 2 is 1.07 bits per heavy atom. The van der Waals surface area contributed by atoms with Gasteiger partial charge in [-0.25, -0.2) is 0 Å². The fourth-order valence-electron chi connectivity index (χ4n) is 7.41. The summed E-state index contributed by atoms with van der Waals surface area (Å²) in [5, 5.41) is 0. The van der Waals surface area contributed by atoms with Crippen LogP contribution in [0.25, 0.3) is 11.1 Å². The molecule has 2 unspecified atom stereocenters. The molecule has 0 spiro atoms. The molecule has 0 aromatic heterocycles. The summed E-state index contributed by atoms with van der Waals surface area (Å²) in [4.78, 5) is 0. The number of allylic oxidation sites excluding steroid dienone is 4. The third-order valence-electron chi connectivity index (χ3n) is 9.36. The van der Waals surface area contributed by atoms with Crippen LogP contribution in [0.2, 0.25) is 20.9 Å². The van der Waals surface area contributed by atoms with Crippen molar-refractivity contribution in [1.82, 2.24) is 0 Å². The molecule has 0 amide bonds. The van der Waals surface area contributed by atoms with Crippen molar-refractivity contribution in [1.29, 1.82) is 0 Å². The predicted octanol–water partition coefficient (Wildman–Crippen LogP) is 8.63. The van der Waals surface area contributed by atoms with Crippen molar-refractivity contribution >= 4 is 21.8 Å². The van der Waals surface area contributed by atoms with Crippen LogP contribution in [0.1, 0.15) is 70.1 Å². The van der Waals surface area contributed by atoms with Crippen molar-refractivity contribution in [3.8, 4) is 0 Å². The van der Waals surface area contributed by atoms with Gasteiger partial charge in [-0.2, -0.15) is 0 Å². The van der Waals surface area contributed by atoms with Crippen molar-refractivity contribution < 1.29 is 16.0 Å². The predicted molar refractivity (Wildman–Crippen MR) is 135 cm³/mol. The van der Waals surface area contributed by atoms with Crippen LogP contribution in [0.15, 0.2) is 59.7 Å². The van der Waals surface area contributed by atoms with Crippen molar-refractivity contribution in [2.75, 3.05) is 0 Å². The van der Waals surface area contributed by atoms with Crippen LogP contribution in [-0.4, -0.2) is 10.6 Å². The van der Waals surface area contributed by atoms with Crippen molar-refractivity contribution in [2.24, 2.45) is 0 Å². The Hall–Kier alpha value is -0.667. The Balaban J connectivity index is 2.06. The Morgan fingerprint density at radius 3 is 1.40 bits per heavy atom. The van der Waals surface area contributed by atoms with Gasteiger partial charge in [-0.1, -0.05) is 0 Å². The molecule has 0 radical (unpaired) electrons. The first-order chi connectivity index (χ1) is 14.2. The number of hydrogen-bond donors (Lipinski definition) is 0. The Morgan fingerprint density at radius 1 is 0.700 bits per heavy atom. The first-order valence-corrected chi connectivity index (χ1v) is 40.1. The molecule has 4 rings (SSSR count). The van der Waals surface area contributed by atoms with Crippen LogP contribution in [0.3, 0.4) is 0 Å². The molecular formula is C28H39GeHf. The maximum atomic E-state index is 2.90. The fourth-order valence-corrected chi connectivity index (χ4v) is 71.0. The summed E-state index contributed by atoms with van der Waals surface area (Å²) in [5.74, 6) is 5.48. The molecular weight excluding hydrogens is 587 g/mol. The van der Waals surface area contributed by atoms with Crippen LogP contribution >= 0.6 is 0 Å². The van der Waals surface area contributed by atoms with E-state index in [1.807, 2.05) is 0 Å². The van der Waals surface area contributed by atoms with Crippen molar-refractivity contribution in [2.45, 2.75) is 68.8 Å². The summed E-state index contributed by atoms with van der Waals surface area (Å²) in [7, 11) is -1.53. The fraction of sp³-hybridized carbons (Fsp3) is 0.429. The van der Waals surface area contributed by atoms with Crippen LogP contribution in [0.5, 0.6) is 0 Å². The molecule has 2 atom stereocenters. The van der Waals surface area contributed by atoms with Gasteiger partial charge in [0.25, 0.3) is 0 Å². The molecule has 0 aliphatic heterocycles. The zero-order valence-electron chi connectivity index (χ0n) is 20.3. The second-order valence-electron chi connectivity index (χ2n) is 11.0. The van der Waals surface area contributed by atoms with E-state index in [1.54, 1.807) is 44.5 Å². The first-order valence-electron chi connectivity index (χ1n) is 12.0. The van der Waals surface area contributed by atoms with Crippen LogP contribution in [-0.2, 0) is 16.0 Å². The second-order valence-corrected chi connectivity index (χ2v) is 92.4. The quantitative estimate of drug-likeness (QED) is 0.292. The molecule has 159 valence electrons. The molecule has 30 heavy (non-hydrogen) atoms. The van der Waals surface area contributed by atoms with Crippen LogP contribution in [0, 0.1) is 0 Å². The Labute approximate surface area is 187 Å².